The molecule has 1 aliphatic heterocycles. The largest absolute Gasteiger partial charge is 0.374 e. The monoisotopic (exact) mass is 625 g/mol. The van der Waals surface area contributed by atoms with Gasteiger partial charge in [-0.05, 0) is 67.9 Å². The van der Waals surface area contributed by atoms with Crippen molar-refractivity contribution in [2.24, 2.45) is 7.05 Å². The SMILES string of the molecule is CCS(=O)(=O)Nc1cc(-c2cc(NC3CN(C(C)=O)C3)c(=O)n(C)c2)cc2c1ccn2C(C)(c1ccccn1)c1ccccn1. The van der Waals surface area contributed by atoms with Gasteiger partial charge in [-0.2, -0.15) is 0 Å². The Labute approximate surface area is 261 Å². The number of sulfonamides is 1. The molecule has 1 fully saturated rings. The number of hydrogen-bond donors (Lipinski definition) is 2. The first-order valence-corrected chi connectivity index (χ1v) is 16.4. The summed E-state index contributed by atoms with van der Waals surface area (Å²) in [7, 11) is -1.94. The number of carbonyl (C=O) groups is 1. The van der Waals surface area contributed by atoms with E-state index in [9.17, 15) is 18.0 Å². The lowest BCUT2D eigenvalue weighted by Crippen LogP contribution is -2.56. The van der Waals surface area contributed by atoms with Crippen LogP contribution in [0.1, 0.15) is 32.2 Å². The predicted molar refractivity (Wildman–Crippen MR) is 176 cm³/mol. The predicted octanol–water partition coefficient (Wildman–Crippen LogP) is 4.01. The van der Waals surface area contributed by atoms with Crippen LogP contribution in [0.2, 0.25) is 0 Å². The molecular weight excluding hydrogens is 590 g/mol. The maximum Gasteiger partial charge on any atom is 0.273 e. The second kappa shape index (κ2) is 11.5. The van der Waals surface area contributed by atoms with Crippen molar-refractivity contribution in [3.63, 3.8) is 0 Å². The van der Waals surface area contributed by atoms with Crippen molar-refractivity contribution in [1.29, 1.82) is 0 Å². The summed E-state index contributed by atoms with van der Waals surface area (Å²) in [5, 5.41) is 4.00. The molecule has 0 unspecified atom stereocenters. The first kappa shape index (κ1) is 30.1. The standard InChI is InChI=1S/C33H35N7O4S/c1-5-45(43,44)37-27-16-23(24-17-28(32(42)38(4)19-24)36-25-20-39(21-25)22(2)41)18-29-26(27)12-15-40(29)33(3,30-10-6-8-13-34-30)31-11-7-9-14-35-31/h6-19,25,36-37H,5,20-21H2,1-4H3. The van der Waals surface area contributed by atoms with Crippen LogP contribution in [-0.2, 0) is 27.4 Å². The van der Waals surface area contributed by atoms with E-state index in [2.05, 4.69) is 14.6 Å². The lowest BCUT2D eigenvalue weighted by atomic mass is 9.91. The Balaban J connectivity index is 1.55. The minimum Gasteiger partial charge on any atom is -0.374 e. The number of likely N-dealkylation sites (tertiary alicyclic amines) is 1. The van der Waals surface area contributed by atoms with Gasteiger partial charge in [0.25, 0.3) is 5.56 Å². The van der Waals surface area contributed by atoms with Gasteiger partial charge in [0.15, 0.2) is 0 Å². The summed E-state index contributed by atoms with van der Waals surface area (Å²) in [6.07, 6.45) is 7.14. The van der Waals surface area contributed by atoms with Gasteiger partial charge in [-0.25, -0.2) is 8.42 Å². The number of benzene rings is 1. The lowest BCUT2D eigenvalue weighted by molar-refractivity contribution is -0.132. The van der Waals surface area contributed by atoms with Gasteiger partial charge in [0.05, 0.1) is 34.4 Å². The number of anilines is 2. The highest BCUT2D eigenvalue weighted by molar-refractivity contribution is 7.92. The van der Waals surface area contributed by atoms with Gasteiger partial charge in [-0.3, -0.25) is 24.3 Å². The molecule has 5 heterocycles. The molecule has 1 amide bonds. The van der Waals surface area contributed by atoms with Crippen molar-refractivity contribution in [2.75, 3.05) is 28.9 Å². The van der Waals surface area contributed by atoms with Crippen LogP contribution in [-0.4, -0.2) is 63.2 Å². The van der Waals surface area contributed by atoms with E-state index < -0.39 is 15.6 Å². The van der Waals surface area contributed by atoms with E-state index in [0.717, 1.165) is 16.9 Å². The zero-order valence-corrected chi connectivity index (χ0v) is 26.4. The van der Waals surface area contributed by atoms with Crippen LogP contribution in [0.5, 0.6) is 0 Å². The van der Waals surface area contributed by atoms with Crippen LogP contribution in [0.3, 0.4) is 0 Å². The van der Waals surface area contributed by atoms with Crippen LogP contribution >= 0.6 is 0 Å². The van der Waals surface area contributed by atoms with E-state index >= 15 is 0 Å². The van der Waals surface area contributed by atoms with Crippen molar-refractivity contribution < 1.29 is 13.2 Å². The molecule has 1 aliphatic rings. The van der Waals surface area contributed by atoms with E-state index in [-0.39, 0.29) is 23.3 Å². The number of carbonyl (C=O) groups excluding carboxylic acids is 1. The molecule has 232 valence electrons. The maximum absolute atomic E-state index is 13.1. The molecule has 1 aromatic carbocycles. The topological polar surface area (TPSA) is 131 Å². The Bertz CT molecular complexity index is 2010. The van der Waals surface area contributed by atoms with Crippen LogP contribution in [0.25, 0.3) is 22.0 Å². The summed E-state index contributed by atoms with van der Waals surface area (Å²) < 4.78 is 32.1. The van der Waals surface area contributed by atoms with E-state index in [4.69, 9.17) is 9.97 Å². The van der Waals surface area contributed by atoms with Gasteiger partial charge < -0.3 is 19.4 Å². The Morgan fingerprint density at radius 2 is 1.62 bits per heavy atom. The molecule has 0 saturated carbocycles. The molecular formula is C33H35N7O4S. The number of nitrogens with zero attached hydrogens (tertiary/aromatic N) is 5. The van der Waals surface area contributed by atoms with E-state index in [1.807, 2.05) is 61.7 Å². The quantitative estimate of drug-likeness (QED) is 0.253. The summed E-state index contributed by atoms with van der Waals surface area (Å²) in [5.41, 5.74) is 3.46. The first-order chi connectivity index (χ1) is 21.5. The number of hydrogen-bond acceptors (Lipinski definition) is 7. The third kappa shape index (κ3) is 5.57. The Morgan fingerprint density at radius 3 is 2.20 bits per heavy atom. The molecule has 0 bridgehead atoms. The molecule has 1 saturated heterocycles. The molecule has 0 aliphatic carbocycles. The second-order valence-corrected chi connectivity index (χ2v) is 13.5. The lowest BCUT2D eigenvalue weighted by Gasteiger charge is -2.39. The number of pyridine rings is 3. The average Bonchev–Trinajstić information content (AvgIpc) is 3.45. The number of aryl methyl sites for hydroxylation is 1. The van der Waals surface area contributed by atoms with Crippen LogP contribution in [0.4, 0.5) is 11.4 Å². The summed E-state index contributed by atoms with van der Waals surface area (Å²) in [4.78, 5) is 35.9. The highest BCUT2D eigenvalue weighted by Gasteiger charge is 2.35. The molecule has 45 heavy (non-hydrogen) atoms. The molecule has 5 aromatic rings. The van der Waals surface area contributed by atoms with Gasteiger partial charge in [0.1, 0.15) is 11.2 Å². The summed E-state index contributed by atoms with van der Waals surface area (Å²) in [6.45, 7) is 6.19. The fraction of sp³-hybridized carbons (Fsp3) is 0.273. The van der Waals surface area contributed by atoms with Crippen LogP contribution in [0, 0.1) is 0 Å². The maximum atomic E-state index is 13.1. The fourth-order valence-corrected chi connectivity index (χ4v) is 6.47. The number of amides is 1. The van der Waals surface area contributed by atoms with Crippen LogP contribution < -0.4 is 15.6 Å². The molecule has 0 radical (unpaired) electrons. The van der Waals surface area contributed by atoms with Gasteiger partial charge in [0, 0.05) is 62.8 Å². The number of fused-ring (bicyclic) bond motifs is 1. The molecule has 0 spiro atoms. The molecule has 11 nitrogen and oxygen atoms in total. The molecule has 4 aromatic heterocycles. The zero-order valence-electron chi connectivity index (χ0n) is 25.6. The summed E-state index contributed by atoms with van der Waals surface area (Å²) in [5.74, 6) is -0.0949. The highest BCUT2D eigenvalue weighted by Crippen LogP contribution is 2.39. The number of rotatable bonds is 9. The second-order valence-electron chi connectivity index (χ2n) is 11.5. The summed E-state index contributed by atoms with van der Waals surface area (Å²) in [6, 6.07) is 18.9. The van der Waals surface area contributed by atoms with Gasteiger partial charge in [-0.1, -0.05) is 12.1 Å². The molecule has 2 N–H and O–H groups in total. The minimum atomic E-state index is -3.62. The molecule has 0 atom stereocenters. The average molecular weight is 626 g/mol. The minimum absolute atomic E-state index is 0.00326. The van der Waals surface area contributed by atoms with E-state index in [1.54, 1.807) is 49.6 Å². The fourth-order valence-electron chi connectivity index (χ4n) is 5.82. The van der Waals surface area contributed by atoms with Crippen molar-refractivity contribution in [3.05, 3.63) is 107 Å². The Kier molecular flexibility index (Phi) is 7.69. The zero-order chi connectivity index (χ0) is 31.9. The Morgan fingerprint density at radius 1 is 0.978 bits per heavy atom. The molecule has 12 heteroatoms. The van der Waals surface area contributed by atoms with Gasteiger partial charge in [-0.15, -0.1) is 0 Å². The van der Waals surface area contributed by atoms with Crippen molar-refractivity contribution in [3.8, 4) is 11.1 Å². The van der Waals surface area contributed by atoms with Crippen molar-refractivity contribution >= 4 is 38.2 Å². The van der Waals surface area contributed by atoms with Crippen molar-refractivity contribution in [2.45, 2.75) is 32.4 Å². The van der Waals surface area contributed by atoms with Gasteiger partial charge in [0.2, 0.25) is 15.9 Å². The van der Waals surface area contributed by atoms with E-state index in [0.29, 0.717) is 41.0 Å². The van der Waals surface area contributed by atoms with Gasteiger partial charge >= 0.3 is 0 Å². The van der Waals surface area contributed by atoms with Crippen molar-refractivity contribution in [1.82, 2.24) is 24.0 Å². The third-order valence-electron chi connectivity index (χ3n) is 8.47. The first-order valence-electron chi connectivity index (χ1n) is 14.7. The third-order valence-corrected chi connectivity index (χ3v) is 9.76. The van der Waals surface area contributed by atoms with E-state index in [1.165, 1.54) is 11.5 Å². The van der Waals surface area contributed by atoms with Crippen LogP contribution in [0.15, 0.2) is 90.2 Å². The number of aromatic nitrogens is 4. The molecule has 6 rings (SSSR count). The normalized spacial score (nSPS) is 13.9. The Hall–Kier alpha value is -4.97. The highest BCUT2D eigenvalue weighted by atomic mass is 32.2. The number of nitrogens with one attached hydrogen (secondary N) is 2. The summed E-state index contributed by atoms with van der Waals surface area (Å²) >= 11 is 0. The smallest absolute Gasteiger partial charge is 0.273 e.